The lowest BCUT2D eigenvalue weighted by molar-refractivity contribution is -0.379. The molecule has 19 heteroatoms. The maximum absolute atomic E-state index is 13.2. The molecular formula is C59H105NO18. The van der Waals surface area contributed by atoms with Crippen molar-refractivity contribution in [1.82, 2.24) is 5.32 Å². The molecule has 17 unspecified atom stereocenters. The molecule has 3 rings (SSSR count). The number of hydrogen-bond donors (Lipinski definition) is 12. The minimum Gasteiger partial charge on any atom is -0.394 e. The molecule has 19 nitrogen and oxygen atoms in total. The minimum atomic E-state index is -1.98. The van der Waals surface area contributed by atoms with Crippen LogP contribution >= 0.6 is 0 Å². The second-order valence-electron chi connectivity index (χ2n) is 21.5. The van der Waals surface area contributed by atoms with Crippen LogP contribution in [-0.2, 0) is 33.2 Å². The Bertz CT molecular complexity index is 1620. The van der Waals surface area contributed by atoms with E-state index in [-0.39, 0.29) is 18.9 Å². The first kappa shape index (κ1) is 70.0. The minimum absolute atomic E-state index is 0.239. The number of allylic oxidation sites excluding steroid dienone is 7. The first-order valence-corrected chi connectivity index (χ1v) is 29.9. The van der Waals surface area contributed by atoms with Gasteiger partial charge < -0.3 is 89.9 Å². The van der Waals surface area contributed by atoms with E-state index in [1.807, 2.05) is 13.0 Å². The molecule has 12 N–H and O–H groups in total. The van der Waals surface area contributed by atoms with Gasteiger partial charge in [-0.15, -0.1) is 0 Å². The highest BCUT2D eigenvalue weighted by molar-refractivity contribution is 5.76. The first-order chi connectivity index (χ1) is 37.8. The van der Waals surface area contributed by atoms with Gasteiger partial charge in [0.05, 0.1) is 38.6 Å². The number of aliphatic hydroxyl groups excluding tert-OH is 11. The molecule has 3 aliphatic heterocycles. The zero-order valence-corrected chi connectivity index (χ0v) is 47.1. The van der Waals surface area contributed by atoms with Gasteiger partial charge in [-0.05, 0) is 51.4 Å². The van der Waals surface area contributed by atoms with Gasteiger partial charge in [0.15, 0.2) is 18.9 Å². The lowest BCUT2D eigenvalue weighted by atomic mass is 9.96. The highest BCUT2D eigenvalue weighted by Crippen LogP contribution is 2.33. The quantitative estimate of drug-likeness (QED) is 0.0279. The van der Waals surface area contributed by atoms with Gasteiger partial charge in [-0.3, -0.25) is 4.79 Å². The summed E-state index contributed by atoms with van der Waals surface area (Å²) < 4.78 is 34.0. The molecule has 1 amide bonds. The van der Waals surface area contributed by atoms with E-state index in [1.54, 1.807) is 6.08 Å². The van der Waals surface area contributed by atoms with E-state index in [9.17, 15) is 61.0 Å². The summed E-state index contributed by atoms with van der Waals surface area (Å²) >= 11 is 0. The molecular weight excluding hydrogens is 1010 g/mol. The van der Waals surface area contributed by atoms with E-state index in [0.29, 0.717) is 12.8 Å². The molecule has 0 aromatic carbocycles. The third-order valence-electron chi connectivity index (χ3n) is 14.9. The van der Waals surface area contributed by atoms with Crippen LogP contribution in [0.2, 0.25) is 0 Å². The Morgan fingerprint density at radius 3 is 1.35 bits per heavy atom. The Kier molecular flexibility index (Phi) is 38.2. The molecule has 0 radical (unpaired) electrons. The van der Waals surface area contributed by atoms with Crippen LogP contribution in [0.4, 0.5) is 0 Å². The number of carbonyl (C=O) groups is 1. The van der Waals surface area contributed by atoms with Gasteiger partial charge >= 0.3 is 0 Å². The molecule has 3 saturated heterocycles. The Balaban J connectivity index is 1.32. The lowest BCUT2D eigenvalue weighted by Crippen LogP contribution is -2.66. The summed E-state index contributed by atoms with van der Waals surface area (Å²) in [5.74, 6) is -0.288. The number of rotatable bonds is 43. The predicted octanol–water partition coefficient (Wildman–Crippen LogP) is 5.09. The molecule has 78 heavy (non-hydrogen) atoms. The summed E-state index contributed by atoms with van der Waals surface area (Å²) in [6.45, 7) is 1.52. The Morgan fingerprint density at radius 2 is 0.859 bits per heavy atom. The standard InChI is InChI=1S/C59H105NO18/c1-3-5-7-9-10-11-12-13-14-15-16-17-18-19-20-21-22-23-24-25-26-27-28-29-30-31-32-33-35-37-47(65)60-42(43(64)36-34-8-6-4-2)41-73-57-53(71)50(68)55(45(39-62)75-57)78-59-54(72)51(69)56(46(40-63)76-59)77-58-52(70)49(67)48(66)44(38-61)74-58/h12-13,15-16,18-19,34,36,42-46,48-59,61-64,66-72H,3-11,14,17,20-33,35,37-41H2,1-2H3,(H,60,65)/b13-12-,16-15-,19-18-,36-34+. The van der Waals surface area contributed by atoms with E-state index in [1.165, 1.54) is 109 Å². The summed E-state index contributed by atoms with van der Waals surface area (Å²) in [5, 5.41) is 119. The number of hydrogen-bond acceptors (Lipinski definition) is 18. The smallest absolute Gasteiger partial charge is 0.220 e. The Hall–Kier alpha value is -2.25. The largest absolute Gasteiger partial charge is 0.394 e. The van der Waals surface area contributed by atoms with Gasteiger partial charge in [0, 0.05) is 6.42 Å². The fourth-order valence-corrected chi connectivity index (χ4v) is 9.89. The summed E-state index contributed by atoms with van der Waals surface area (Å²) in [6.07, 6.45) is 20.7. The molecule has 0 aromatic rings. The maximum atomic E-state index is 13.2. The van der Waals surface area contributed by atoms with Gasteiger partial charge in [0.1, 0.15) is 73.2 Å². The van der Waals surface area contributed by atoms with Crippen molar-refractivity contribution in [1.29, 1.82) is 0 Å². The molecule has 0 aromatic heterocycles. The molecule has 0 spiro atoms. The predicted molar refractivity (Wildman–Crippen MR) is 295 cm³/mol. The summed E-state index contributed by atoms with van der Waals surface area (Å²) in [4.78, 5) is 13.2. The molecule has 0 bridgehead atoms. The van der Waals surface area contributed by atoms with Crippen LogP contribution in [0.1, 0.15) is 187 Å². The molecule has 3 aliphatic rings. The maximum Gasteiger partial charge on any atom is 0.220 e. The van der Waals surface area contributed by atoms with Crippen molar-refractivity contribution in [3.63, 3.8) is 0 Å². The summed E-state index contributed by atoms with van der Waals surface area (Å²) in [5.41, 5.74) is 0. The van der Waals surface area contributed by atoms with E-state index >= 15 is 0 Å². The number of aliphatic hydroxyl groups is 11. The van der Waals surface area contributed by atoms with E-state index < -0.39 is 124 Å². The van der Waals surface area contributed by atoms with Crippen molar-refractivity contribution in [2.24, 2.45) is 0 Å². The highest BCUT2D eigenvalue weighted by atomic mass is 16.8. The zero-order valence-electron chi connectivity index (χ0n) is 47.1. The third kappa shape index (κ3) is 26.3. The van der Waals surface area contributed by atoms with Gasteiger partial charge in [0.2, 0.25) is 5.91 Å². The van der Waals surface area contributed by atoms with E-state index in [0.717, 1.165) is 44.9 Å². The Labute approximate surface area is 465 Å². The van der Waals surface area contributed by atoms with Crippen LogP contribution in [0.5, 0.6) is 0 Å². The average molecular weight is 1120 g/mol. The van der Waals surface area contributed by atoms with Crippen molar-refractivity contribution < 1.29 is 89.4 Å². The van der Waals surface area contributed by atoms with Crippen LogP contribution in [0, 0.1) is 0 Å². The highest BCUT2D eigenvalue weighted by Gasteiger charge is 2.53. The van der Waals surface area contributed by atoms with E-state index in [2.05, 4.69) is 48.7 Å². The van der Waals surface area contributed by atoms with Gasteiger partial charge in [-0.2, -0.15) is 0 Å². The Morgan fingerprint density at radius 1 is 0.462 bits per heavy atom. The topological polar surface area (TPSA) is 307 Å². The number of unbranched alkanes of at least 4 members (excludes halogenated alkanes) is 21. The van der Waals surface area contributed by atoms with Crippen LogP contribution in [-0.4, -0.2) is 193 Å². The van der Waals surface area contributed by atoms with Gasteiger partial charge in [-0.25, -0.2) is 0 Å². The number of carbonyl (C=O) groups excluding carboxylic acids is 1. The van der Waals surface area contributed by atoms with Crippen molar-refractivity contribution in [2.75, 3.05) is 26.4 Å². The third-order valence-corrected chi connectivity index (χ3v) is 14.9. The van der Waals surface area contributed by atoms with Crippen molar-refractivity contribution in [3.05, 3.63) is 48.6 Å². The fourth-order valence-electron chi connectivity index (χ4n) is 9.89. The summed E-state index contributed by atoms with van der Waals surface area (Å²) in [7, 11) is 0. The molecule has 0 saturated carbocycles. The molecule has 0 aliphatic carbocycles. The van der Waals surface area contributed by atoms with Crippen molar-refractivity contribution >= 4 is 5.91 Å². The van der Waals surface area contributed by atoms with Crippen molar-refractivity contribution in [3.8, 4) is 0 Å². The number of ether oxygens (including phenoxy) is 6. The normalized spacial score (nSPS) is 30.8. The lowest BCUT2D eigenvalue weighted by Gasteiger charge is -2.48. The molecule has 454 valence electrons. The zero-order chi connectivity index (χ0) is 56.9. The van der Waals surface area contributed by atoms with Crippen LogP contribution in [0.25, 0.3) is 0 Å². The molecule has 17 atom stereocenters. The molecule has 3 heterocycles. The fraction of sp³-hybridized carbons (Fsp3) is 0.847. The van der Waals surface area contributed by atoms with Gasteiger partial charge in [-0.1, -0.05) is 178 Å². The SMILES string of the molecule is CCCC/C=C/C(O)C(COC1OC(CO)C(OC2OC(CO)C(OC3OC(CO)C(O)C(O)C3O)C(O)C2O)C(O)C1O)NC(=O)CCCCCCCCCCCCCCCC/C=C\C/C=C\C/C=C\CCCCCCC. The number of amides is 1. The van der Waals surface area contributed by atoms with Crippen LogP contribution in [0.3, 0.4) is 0 Å². The van der Waals surface area contributed by atoms with E-state index in [4.69, 9.17) is 28.4 Å². The average Bonchev–Trinajstić information content (AvgIpc) is 3.44. The van der Waals surface area contributed by atoms with Crippen molar-refractivity contribution in [2.45, 2.75) is 291 Å². The second kappa shape index (κ2) is 42.6. The summed E-state index contributed by atoms with van der Waals surface area (Å²) in [6, 6.07) is -0.969. The number of nitrogens with one attached hydrogen (secondary N) is 1. The van der Waals surface area contributed by atoms with Crippen LogP contribution < -0.4 is 5.32 Å². The van der Waals surface area contributed by atoms with Crippen LogP contribution in [0.15, 0.2) is 48.6 Å². The first-order valence-electron chi connectivity index (χ1n) is 29.9. The second-order valence-corrected chi connectivity index (χ2v) is 21.5. The monoisotopic (exact) mass is 1120 g/mol. The van der Waals surface area contributed by atoms with Gasteiger partial charge in [0.25, 0.3) is 0 Å². The molecule has 3 fully saturated rings.